The zero-order valence-electron chi connectivity index (χ0n) is 17.2. The van der Waals surface area contributed by atoms with Crippen molar-refractivity contribution in [1.29, 1.82) is 0 Å². The lowest BCUT2D eigenvalue weighted by Crippen LogP contribution is -2.49. The lowest BCUT2D eigenvalue weighted by Gasteiger charge is -2.38. The van der Waals surface area contributed by atoms with Gasteiger partial charge in [0.05, 0.1) is 6.10 Å². The number of likely N-dealkylation sites (tertiary alicyclic amines) is 2. The van der Waals surface area contributed by atoms with Crippen LogP contribution < -0.4 is 4.74 Å². The third-order valence-electron chi connectivity index (χ3n) is 6.84. The number of hydrogen-bond acceptors (Lipinski definition) is 4. The Kier molecular flexibility index (Phi) is 6.22. The number of amides is 1. The quantitative estimate of drug-likeness (QED) is 0.778. The number of aryl methyl sites for hydroxylation is 1. The second-order valence-corrected chi connectivity index (χ2v) is 8.72. The summed E-state index contributed by atoms with van der Waals surface area (Å²) in [5.41, 5.74) is 1.11. The predicted octanol–water partition coefficient (Wildman–Crippen LogP) is 3.40. The summed E-state index contributed by atoms with van der Waals surface area (Å²) in [7, 11) is 0. The summed E-state index contributed by atoms with van der Waals surface area (Å²) in [6.07, 6.45) is 8.42. The highest BCUT2D eigenvalue weighted by Gasteiger charge is 2.44. The smallest absolute Gasteiger partial charge is 0.260 e. The molecule has 3 saturated heterocycles. The molecule has 0 aromatic heterocycles. The van der Waals surface area contributed by atoms with Crippen LogP contribution >= 0.6 is 0 Å². The first-order chi connectivity index (χ1) is 13.7. The van der Waals surface area contributed by atoms with Crippen molar-refractivity contribution in [2.24, 2.45) is 0 Å². The fourth-order valence-electron chi connectivity index (χ4n) is 5.28. The van der Waals surface area contributed by atoms with Gasteiger partial charge in [-0.3, -0.25) is 4.79 Å². The highest BCUT2D eigenvalue weighted by atomic mass is 16.5. The molecule has 1 aromatic rings. The first-order valence-electron chi connectivity index (χ1n) is 11.0. The van der Waals surface area contributed by atoms with Crippen LogP contribution in [0.25, 0.3) is 0 Å². The number of ether oxygens (including phenoxy) is 2. The summed E-state index contributed by atoms with van der Waals surface area (Å²) in [5.74, 6) is 0.959. The average Bonchev–Trinajstić information content (AvgIpc) is 3.30. The Morgan fingerprint density at radius 3 is 2.75 bits per heavy atom. The van der Waals surface area contributed by atoms with Crippen molar-refractivity contribution in [2.45, 2.75) is 63.5 Å². The largest absolute Gasteiger partial charge is 0.484 e. The minimum absolute atomic E-state index is 0.0391. The van der Waals surface area contributed by atoms with Gasteiger partial charge in [0.15, 0.2) is 6.61 Å². The van der Waals surface area contributed by atoms with Crippen LogP contribution in [0.1, 0.15) is 50.5 Å². The van der Waals surface area contributed by atoms with E-state index in [1.165, 1.54) is 12.8 Å². The van der Waals surface area contributed by atoms with Crippen LogP contribution in [0, 0.1) is 6.92 Å². The Hall–Kier alpha value is -1.59. The second kappa shape index (κ2) is 8.83. The van der Waals surface area contributed by atoms with Gasteiger partial charge >= 0.3 is 0 Å². The molecule has 28 heavy (non-hydrogen) atoms. The molecule has 3 heterocycles. The average molecular weight is 387 g/mol. The maximum absolute atomic E-state index is 13.0. The van der Waals surface area contributed by atoms with E-state index in [9.17, 15) is 4.79 Å². The van der Waals surface area contributed by atoms with Crippen LogP contribution in [0.2, 0.25) is 0 Å². The molecule has 1 aromatic carbocycles. The van der Waals surface area contributed by atoms with Gasteiger partial charge < -0.3 is 19.3 Å². The zero-order valence-corrected chi connectivity index (χ0v) is 17.2. The number of carbonyl (C=O) groups excluding carboxylic acids is 1. The third kappa shape index (κ3) is 4.36. The molecule has 3 aliphatic rings. The summed E-state index contributed by atoms with van der Waals surface area (Å²) in [6, 6.07) is 7.91. The lowest BCUT2D eigenvalue weighted by molar-refractivity contribution is -0.138. The third-order valence-corrected chi connectivity index (χ3v) is 6.84. The first-order valence-corrected chi connectivity index (χ1v) is 11.0. The van der Waals surface area contributed by atoms with E-state index in [0.717, 1.165) is 76.2 Å². The number of rotatable bonds is 5. The van der Waals surface area contributed by atoms with Crippen molar-refractivity contribution in [2.75, 3.05) is 39.4 Å². The van der Waals surface area contributed by atoms with Gasteiger partial charge in [-0.05, 0) is 70.0 Å². The molecule has 0 N–H and O–H groups in total. The van der Waals surface area contributed by atoms with Crippen molar-refractivity contribution in [1.82, 2.24) is 9.80 Å². The molecule has 0 aliphatic carbocycles. The molecular weight excluding hydrogens is 352 g/mol. The number of hydrogen-bond donors (Lipinski definition) is 0. The van der Waals surface area contributed by atoms with E-state index in [2.05, 4.69) is 9.80 Å². The monoisotopic (exact) mass is 386 g/mol. The summed E-state index contributed by atoms with van der Waals surface area (Å²) in [4.78, 5) is 17.8. The first kappa shape index (κ1) is 19.7. The zero-order chi connectivity index (χ0) is 19.4. The van der Waals surface area contributed by atoms with Crippen molar-refractivity contribution >= 4 is 5.91 Å². The molecule has 0 bridgehead atoms. The number of carbonyl (C=O) groups is 1. The van der Waals surface area contributed by atoms with E-state index in [1.54, 1.807) is 0 Å². The van der Waals surface area contributed by atoms with E-state index in [-0.39, 0.29) is 18.1 Å². The lowest BCUT2D eigenvalue weighted by atomic mass is 9.87. The number of benzene rings is 1. The molecule has 1 spiro atoms. The maximum Gasteiger partial charge on any atom is 0.260 e. The molecule has 0 radical (unpaired) electrons. The molecule has 3 fully saturated rings. The van der Waals surface area contributed by atoms with Crippen molar-refractivity contribution < 1.29 is 14.3 Å². The molecule has 0 unspecified atom stereocenters. The Morgan fingerprint density at radius 1 is 1.14 bits per heavy atom. The fraction of sp³-hybridized carbons (Fsp3) is 0.696. The number of nitrogens with zero attached hydrogens (tertiary/aromatic N) is 2. The maximum atomic E-state index is 13.0. The summed E-state index contributed by atoms with van der Waals surface area (Å²) in [5, 5.41) is 0. The SMILES string of the molecule is Cc1ccccc1OCC(=O)N1CCC[C@]12CCCN(C[C@@H]1CCCO1)CC2. The summed E-state index contributed by atoms with van der Waals surface area (Å²) < 4.78 is 11.7. The minimum atomic E-state index is 0.0391. The topological polar surface area (TPSA) is 42.0 Å². The molecule has 1 amide bonds. The van der Waals surface area contributed by atoms with Gasteiger partial charge in [0.1, 0.15) is 5.75 Å². The van der Waals surface area contributed by atoms with Gasteiger partial charge in [-0.15, -0.1) is 0 Å². The molecule has 5 heteroatoms. The van der Waals surface area contributed by atoms with Crippen LogP contribution in [0.4, 0.5) is 0 Å². The van der Waals surface area contributed by atoms with Gasteiger partial charge in [0.25, 0.3) is 5.91 Å². The summed E-state index contributed by atoms with van der Waals surface area (Å²) in [6.45, 7) is 7.22. The van der Waals surface area contributed by atoms with Crippen molar-refractivity contribution in [3.63, 3.8) is 0 Å². The van der Waals surface area contributed by atoms with Crippen molar-refractivity contribution in [3.05, 3.63) is 29.8 Å². The Bertz CT molecular complexity index is 674. The normalized spacial score (nSPS) is 28.6. The van der Waals surface area contributed by atoms with E-state index in [0.29, 0.717) is 6.10 Å². The van der Waals surface area contributed by atoms with Gasteiger partial charge in [-0.25, -0.2) is 0 Å². The molecule has 154 valence electrons. The Labute approximate surface area is 169 Å². The van der Waals surface area contributed by atoms with E-state index < -0.39 is 0 Å². The second-order valence-electron chi connectivity index (χ2n) is 8.72. The molecule has 0 saturated carbocycles. The highest BCUT2D eigenvalue weighted by Crippen LogP contribution is 2.38. The van der Waals surface area contributed by atoms with E-state index in [4.69, 9.17) is 9.47 Å². The van der Waals surface area contributed by atoms with Gasteiger partial charge in [0, 0.05) is 31.8 Å². The minimum Gasteiger partial charge on any atom is -0.484 e. The highest BCUT2D eigenvalue weighted by molar-refractivity contribution is 5.79. The van der Waals surface area contributed by atoms with Gasteiger partial charge in [-0.1, -0.05) is 18.2 Å². The fourth-order valence-corrected chi connectivity index (χ4v) is 5.28. The standard InChI is InChI=1S/C23H34N2O3/c1-19-7-2-3-9-21(19)28-18-22(26)25-14-6-11-23(25)10-5-13-24(15-12-23)17-20-8-4-16-27-20/h2-3,7,9,20H,4-6,8,10-18H2,1H3/t20-,23-/m0/s1. The Morgan fingerprint density at radius 2 is 1.96 bits per heavy atom. The van der Waals surface area contributed by atoms with Gasteiger partial charge in [0.2, 0.25) is 0 Å². The molecule has 2 atom stereocenters. The Balaban J connectivity index is 1.35. The van der Waals surface area contributed by atoms with Crippen LogP contribution in [-0.4, -0.2) is 66.7 Å². The van der Waals surface area contributed by atoms with Crippen LogP contribution in [0.3, 0.4) is 0 Å². The van der Waals surface area contributed by atoms with E-state index in [1.807, 2.05) is 31.2 Å². The van der Waals surface area contributed by atoms with Crippen LogP contribution in [0.5, 0.6) is 5.75 Å². The van der Waals surface area contributed by atoms with Crippen molar-refractivity contribution in [3.8, 4) is 5.75 Å². The number of para-hydroxylation sites is 1. The molecule has 5 nitrogen and oxygen atoms in total. The molecular formula is C23H34N2O3. The van der Waals surface area contributed by atoms with Crippen LogP contribution in [-0.2, 0) is 9.53 Å². The molecule has 3 aliphatic heterocycles. The van der Waals surface area contributed by atoms with E-state index >= 15 is 0 Å². The van der Waals surface area contributed by atoms with Gasteiger partial charge in [-0.2, -0.15) is 0 Å². The van der Waals surface area contributed by atoms with Crippen LogP contribution in [0.15, 0.2) is 24.3 Å². The predicted molar refractivity (Wildman–Crippen MR) is 110 cm³/mol. The summed E-state index contributed by atoms with van der Waals surface area (Å²) >= 11 is 0. The molecule has 4 rings (SSSR count).